The Morgan fingerprint density at radius 3 is 2.23 bits per heavy atom. The number of rotatable bonds is 9. The molecule has 9 nitrogen and oxygen atoms in total. The summed E-state index contributed by atoms with van der Waals surface area (Å²) in [5.74, 6) is 3.73. The number of methoxy groups -OCH3 is 4. The average molecular weight is 480 g/mol. The molecule has 1 aliphatic heterocycles. The van der Waals surface area contributed by atoms with Crippen LogP contribution < -0.4 is 18.9 Å². The molecule has 1 aromatic heterocycles. The summed E-state index contributed by atoms with van der Waals surface area (Å²) in [5.41, 5.74) is 2.79. The van der Waals surface area contributed by atoms with Gasteiger partial charge in [-0.15, -0.1) is 0 Å². The lowest BCUT2D eigenvalue weighted by Crippen LogP contribution is -2.34. The van der Waals surface area contributed by atoms with Crippen molar-refractivity contribution >= 4 is 11.5 Å². The first-order chi connectivity index (χ1) is 17.1. The Morgan fingerprint density at radius 2 is 1.66 bits per heavy atom. The Morgan fingerprint density at radius 1 is 0.971 bits per heavy atom. The summed E-state index contributed by atoms with van der Waals surface area (Å²) in [7, 11) is 6.46. The Balaban J connectivity index is 1.37. The molecule has 0 atom stereocenters. The van der Waals surface area contributed by atoms with Crippen LogP contribution in [0.3, 0.4) is 0 Å². The van der Waals surface area contributed by atoms with Gasteiger partial charge in [-0.3, -0.25) is 4.79 Å². The van der Waals surface area contributed by atoms with Gasteiger partial charge in [-0.05, 0) is 36.3 Å². The highest BCUT2D eigenvalue weighted by molar-refractivity contribution is 5.81. The lowest BCUT2D eigenvalue weighted by molar-refractivity contribution is -0.130. The van der Waals surface area contributed by atoms with Gasteiger partial charge in [0.25, 0.3) is 0 Å². The number of carbonyl (C=O) groups excluding carboxylic acids is 1. The number of hydrogen-bond acceptors (Lipinski definition) is 8. The summed E-state index contributed by atoms with van der Waals surface area (Å²) in [5, 5.41) is 4.03. The predicted molar refractivity (Wildman–Crippen MR) is 130 cm³/mol. The van der Waals surface area contributed by atoms with Gasteiger partial charge in [-0.1, -0.05) is 11.2 Å². The fourth-order valence-corrected chi connectivity index (χ4v) is 4.03. The molecule has 1 aliphatic rings. The fraction of sp³-hybridized carbons (Fsp3) is 0.346. The molecule has 0 fully saturated rings. The maximum Gasteiger partial charge on any atom is 0.227 e. The number of ether oxygens (including phenoxy) is 4. The highest BCUT2D eigenvalue weighted by Gasteiger charge is 2.23. The molecule has 0 unspecified atom stereocenters. The van der Waals surface area contributed by atoms with E-state index < -0.39 is 0 Å². The van der Waals surface area contributed by atoms with Crippen LogP contribution in [0.5, 0.6) is 23.0 Å². The third kappa shape index (κ3) is 5.40. The standard InChI is InChI=1S/C26H29N3O6/c1-31-19-7-5-18(6-8-19)26-27-23(35-28-26)9-10-24(30)29-13-11-17(12-14-29)25-21(33-3)15-20(32-2)16-22(25)34-4/h5-8,11,15-16H,9-10,12-14H2,1-4H3. The van der Waals surface area contributed by atoms with Gasteiger partial charge in [0.15, 0.2) is 0 Å². The van der Waals surface area contributed by atoms with Crippen molar-refractivity contribution in [2.24, 2.45) is 0 Å². The summed E-state index contributed by atoms with van der Waals surface area (Å²) in [6, 6.07) is 11.1. The highest BCUT2D eigenvalue weighted by Crippen LogP contribution is 2.40. The summed E-state index contributed by atoms with van der Waals surface area (Å²) >= 11 is 0. The van der Waals surface area contributed by atoms with Gasteiger partial charge < -0.3 is 28.4 Å². The topological polar surface area (TPSA) is 96.2 Å². The SMILES string of the molecule is COc1ccc(-c2noc(CCC(=O)N3CC=C(c4c(OC)cc(OC)cc4OC)CC3)n2)cc1. The molecule has 0 N–H and O–H groups in total. The van der Waals surface area contributed by atoms with E-state index in [1.807, 2.05) is 47.4 Å². The molecule has 184 valence electrons. The summed E-state index contributed by atoms with van der Waals surface area (Å²) in [4.78, 5) is 19.1. The molecule has 1 amide bonds. The van der Waals surface area contributed by atoms with E-state index in [-0.39, 0.29) is 5.91 Å². The molecule has 9 heteroatoms. The lowest BCUT2D eigenvalue weighted by Gasteiger charge is -2.28. The number of carbonyl (C=O) groups is 1. The van der Waals surface area contributed by atoms with Crippen LogP contribution in [0.25, 0.3) is 17.0 Å². The number of aromatic nitrogens is 2. The molecule has 2 aromatic carbocycles. The quantitative estimate of drug-likeness (QED) is 0.454. The van der Waals surface area contributed by atoms with E-state index in [0.717, 1.165) is 22.4 Å². The van der Waals surface area contributed by atoms with Crippen LogP contribution in [-0.4, -0.2) is 62.5 Å². The molecule has 0 saturated carbocycles. The van der Waals surface area contributed by atoms with Crippen molar-refractivity contribution < 1.29 is 28.3 Å². The largest absolute Gasteiger partial charge is 0.497 e. The Bertz CT molecular complexity index is 1180. The zero-order chi connectivity index (χ0) is 24.8. The summed E-state index contributed by atoms with van der Waals surface area (Å²) < 4.78 is 27.0. The van der Waals surface area contributed by atoms with Gasteiger partial charge >= 0.3 is 0 Å². The van der Waals surface area contributed by atoms with Crippen molar-refractivity contribution in [3.8, 4) is 34.4 Å². The van der Waals surface area contributed by atoms with Crippen LogP contribution in [0.4, 0.5) is 0 Å². The Kier molecular flexibility index (Phi) is 7.54. The number of hydrogen-bond donors (Lipinski definition) is 0. The van der Waals surface area contributed by atoms with Crippen molar-refractivity contribution in [2.75, 3.05) is 41.5 Å². The monoisotopic (exact) mass is 479 g/mol. The number of amides is 1. The lowest BCUT2D eigenvalue weighted by atomic mass is 9.97. The summed E-state index contributed by atoms with van der Waals surface area (Å²) in [6.45, 7) is 1.11. The molecule has 35 heavy (non-hydrogen) atoms. The van der Waals surface area contributed by atoms with E-state index in [1.54, 1.807) is 28.4 Å². The van der Waals surface area contributed by atoms with Gasteiger partial charge in [0.05, 0.1) is 34.0 Å². The third-order valence-electron chi connectivity index (χ3n) is 5.97. The number of aryl methyl sites for hydroxylation is 1. The molecule has 0 bridgehead atoms. The molecule has 0 saturated heterocycles. The first-order valence-corrected chi connectivity index (χ1v) is 11.3. The molecular formula is C26H29N3O6. The van der Waals surface area contributed by atoms with Crippen molar-refractivity contribution in [2.45, 2.75) is 19.3 Å². The molecule has 2 heterocycles. The van der Waals surface area contributed by atoms with Crippen LogP contribution in [0, 0.1) is 0 Å². The smallest absolute Gasteiger partial charge is 0.227 e. The molecule has 0 radical (unpaired) electrons. The fourth-order valence-electron chi connectivity index (χ4n) is 4.03. The van der Waals surface area contributed by atoms with Crippen molar-refractivity contribution in [1.82, 2.24) is 15.0 Å². The third-order valence-corrected chi connectivity index (χ3v) is 5.97. The number of benzene rings is 2. The van der Waals surface area contributed by atoms with Gasteiger partial charge in [-0.2, -0.15) is 4.98 Å². The minimum Gasteiger partial charge on any atom is -0.497 e. The zero-order valence-electron chi connectivity index (χ0n) is 20.4. The Hall–Kier alpha value is -4.01. The normalized spacial score (nSPS) is 13.3. The van der Waals surface area contributed by atoms with Crippen molar-refractivity contribution in [3.05, 3.63) is 53.9 Å². The molecule has 0 aliphatic carbocycles. The van der Waals surface area contributed by atoms with E-state index in [9.17, 15) is 4.79 Å². The van der Waals surface area contributed by atoms with Crippen molar-refractivity contribution in [1.29, 1.82) is 0 Å². The van der Waals surface area contributed by atoms with Crippen LogP contribution in [-0.2, 0) is 11.2 Å². The number of nitrogens with zero attached hydrogens (tertiary/aromatic N) is 3. The van der Waals surface area contributed by atoms with E-state index in [1.165, 1.54) is 0 Å². The van der Waals surface area contributed by atoms with Gasteiger partial charge in [0.1, 0.15) is 23.0 Å². The molecule has 4 rings (SSSR count). The van der Waals surface area contributed by atoms with Crippen LogP contribution in [0.1, 0.15) is 24.3 Å². The van der Waals surface area contributed by atoms with Crippen LogP contribution in [0.15, 0.2) is 47.0 Å². The van der Waals surface area contributed by atoms with Crippen LogP contribution in [0.2, 0.25) is 0 Å². The first kappa shape index (κ1) is 24.1. The average Bonchev–Trinajstić information content (AvgIpc) is 3.40. The maximum atomic E-state index is 12.8. The second kappa shape index (κ2) is 10.9. The zero-order valence-corrected chi connectivity index (χ0v) is 20.4. The van der Waals surface area contributed by atoms with Crippen LogP contribution >= 0.6 is 0 Å². The van der Waals surface area contributed by atoms with E-state index >= 15 is 0 Å². The predicted octanol–water partition coefficient (Wildman–Crippen LogP) is 4.02. The molecular weight excluding hydrogens is 450 g/mol. The Labute approximate surface area is 204 Å². The van der Waals surface area contributed by atoms with Crippen molar-refractivity contribution in [3.63, 3.8) is 0 Å². The minimum atomic E-state index is 0.0400. The van der Waals surface area contributed by atoms with Gasteiger partial charge in [0, 0.05) is 43.6 Å². The maximum absolute atomic E-state index is 12.8. The highest BCUT2D eigenvalue weighted by atomic mass is 16.5. The van der Waals surface area contributed by atoms with Gasteiger partial charge in [0.2, 0.25) is 17.6 Å². The van der Waals surface area contributed by atoms with E-state index in [4.69, 9.17) is 23.5 Å². The second-order valence-corrected chi connectivity index (χ2v) is 7.97. The van der Waals surface area contributed by atoms with E-state index in [0.29, 0.717) is 61.3 Å². The molecule has 0 spiro atoms. The first-order valence-electron chi connectivity index (χ1n) is 11.3. The van der Waals surface area contributed by atoms with Gasteiger partial charge in [-0.25, -0.2) is 0 Å². The minimum absolute atomic E-state index is 0.0400. The summed E-state index contributed by atoms with van der Waals surface area (Å²) in [6.07, 6.45) is 3.41. The van der Waals surface area contributed by atoms with E-state index in [2.05, 4.69) is 10.1 Å². The molecule has 3 aromatic rings. The second-order valence-electron chi connectivity index (χ2n) is 7.97.